The van der Waals surface area contributed by atoms with Crippen LogP contribution in [0.1, 0.15) is 113 Å². The van der Waals surface area contributed by atoms with Gasteiger partial charge in [0.25, 0.3) is 0 Å². The first-order valence-electron chi connectivity index (χ1n) is 15.8. The normalized spacial score (nSPS) is 41.2. The molecule has 4 aliphatic rings. The first-order chi connectivity index (χ1) is 18.3. The Balaban J connectivity index is 0.000000325. The minimum atomic E-state index is -0.0386. The average molecular weight is 579 g/mol. The maximum absolute atomic E-state index is 10.4. The van der Waals surface area contributed by atoms with Crippen molar-refractivity contribution in [2.45, 2.75) is 119 Å². The van der Waals surface area contributed by atoms with E-state index in [-0.39, 0.29) is 11.5 Å². The maximum Gasteiger partial charge on any atom is 0.142 e. The van der Waals surface area contributed by atoms with Gasteiger partial charge in [-0.15, -0.1) is 12.6 Å². The molecular weight excluding hydrogens is 521 g/mol. The van der Waals surface area contributed by atoms with Crippen molar-refractivity contribution in [3.8, 4) is 0 Å². The van der Waals surface area contributed by atoms with Crippen LogP contribution in [-0.4, -0.2) is 24.1 Å². The summed E-state index contributed by atoms with van der Waals surface area (Å²) in [5.74, 6) is 5.96. The number of aliphatic hydroxyl groups is 1. The number of rotatable bonds is 7. The zero-order valence-corrected chi connectivity index (χ0v) is 27.7. The maximum atomic E-state index is 10.4. The molecule has 0 amide bonds. The Morgan fingerprint density at radius 2 is 1.69 bits per heavy atom. The number of aliphatic hydroxyl groups excluding tert-OH is 1. The van der Waals surface area contributed by atoms with E-state index < -0.39 is 0 Å². The highest BCUT2D eigenvalue weighted by molar-refractivity contribution is 7.84. The second-order valence-corrected chi connectivity index (χ2v) is 15.7. The minimum Gasteiger partial charge on any atom is -0.393 e. The van der Waals surface area contributed by atoms with Crippen molar-refractivity contribution >= 4 is 31.8 Å². The van der Waals surface area contributed by atoms with Gasteiger partial charge in [0.2, 0.25) is 0 Å². The van der Waals surface area contributed by atoms with Crippen LogP contribution in [0.3, 0.4) is 0 Å². The highest BCUT2D eigenvalue weighted by Crippen LogP contribution is 2.69. The fraction of sp³-hybridized carbons (Fsp3) is 0.853. The van der Waals surface area contributed by atoms with E-state index in [1.54, 1.807) is 6.08 Å². The summed E-state index contributed by atoms with van der Waals surface area (Å²) in [6, 6.07) is 0. The van der Waals surface area contributed by atoms with Crippen LogP contribution in [0, 0.1) is 57.7 Å². The molecule has 0 aromatic carbocycles. The summed E-state index contributed by atoms with van der Waals surface area (Å²) in [6.45, 7) is 17.2. The zero-order valence-electron chi connectivity index (χ0n) is 25.9. The topological polar surface area (TPSA) is 46.5 Å². The number of hydrogen-bond acceptors (Lipinski definition) is 5. The molecule has 0 saturated heterocycles. The van der Waals surface area contributed by atoms with E-state index in [1.807, 2.05) is 6.08 Å². The SMILES string of the molecule is CC(C)(C)/C(S)=C/C=C/C=O.CC[C@H]1CC2C(CCC3(C)C2CCC3[C@H](C)CCOS)C2(C)CC[C@@H](O)CC12. The van der Waals surface area contributed by atoms with E-state index in [4.69, 9.17) is 4.18 Å². The van der Waals surface area contributed by atoms with E-state index >= 15 is 0 Å². The average Bonchev–Trinajstić information content (AvgIpc) is 3.24. The quantitative estimate of drug-likeness (QED) is 0.0928. The first-order valence-corrected chi connectivity index (χ1v) is 16.6. The van der Waals surface area contributed by atoms with Gasteiger partial charge in [-0.05, 0) is 139 Å². The molecule has 0 heterocycles. The fourth-order valence-electron chi connectivity index (χ4n) is 9.79. The van der Waals surface area contributed by atoms with E-state index in [1.165, 1.54) is 51.0 Å². The molecule has 1 N–H and O–H groups in total. The van der Waals surface area contributed by atoms with Crippen LogP contribution in [0.15, 0.2) is 23.1 Å². The summed E-state index contributed by atoms with van der Waals surface area (Å²) in [5, 5.41) is 10.4. The van der Waals surface area contributed by atoms with Crippen molar-refractivity contribution in [3.05, 3.63) is 23.1 Å². The third kappa shape index (κ3) is 7.23. The lowest BCUT2D eigenvalue weighted by Crippen LogP contribution is -2.56. The highest BCUT2D eigenvalue weighted by Gasteiger charge is 2.62. The molecule has 10 atom stereocenters. The molecule has 0 radical (unpaired) electrons. The summed E-state index contributed by atoms with van der Waals surface area (Å²) >= 11 is 8.25. The molecule has 0 aliphatic heterocycles. The van der Waals surface area contributed by atoms with Crippen molar-refractivity contribution in [1.29, 1.82) is 0 Å². The van der Waals surface area contributed by atoms with Gasteiger partial charge in [0.15, 0.2) is 0 Å². The summed E-state index contributed by atoms with van der Waals surface area (Å²) in [7, 11) is 0. The van der Waals surface area contributed by atoms with Crippen LogP contribution in [0.2, 0.25) is 0 Å². The predicted molar refractivity (Wildman–Crippen MR) is 171 cm³/mol. The van der Waals surface area contributed by atoms with Gasteiger partial charge in [-0.25, -0.2) is 0 Å². The third-order valence-corrected chi connectivity index (χ3v) is 13.0. The van der Waals surface area contributed by atoms with Gasteiger partial charge in [0.05, 0.1) is 12.7 Å². The molecule has 0 bridgehead atoms. The lowest BCUT2D eigenvalue weighted by atomic mass is 9.42. The third-order valence-electron chi connectivity index (χ3n) is 12.0. The van der Waals surface area contributed by atoms with Gasteiger partial charge >= 0.3 is 0 Å². The van der Waals surface area contributed by atoms with Crippen LogP contribution in [0.25, 0.3) is 0 Å². The minimum absolute atomic E-state index is 0.0386. The van der Waals surface area contributed by atoms with Crippen LogP contribution in [0.5, 0.6) is 0 Å². The Bertz CT molecular complexity index is 863. The molecule has 224 valence electrons. The Hall–Kier alpha value is -0.230. The Labute approximate surface area is 251 Å². The molecule has 5 heteroatoms. The summed E-state index contributed by atoms with van der Waals surface area (Å²) < 4.78 is 5.11. The largest absolute Gasteiger partial charge is 0.393 e. The highest BCUT2D eigenvalue weighted by atomic mass is 32.1. The molecule has 4 fully saturated rings. The van der Waals surface area contributed by atoms with Crippen LogP contribution in [0.4, 0.5) is 0 Å². The first kappa shape index (κ1) is 33.3. The van der Waals surface area contributed by atoms with Crippen molar-refractivity contribution in [1.82, 2.24) is 0 Å². The smallest absolute Gasteiger partial charge is 0.142 e. The molecule has 4 saturated carbocycles. The van der Waals surface area contributed by atoms with Crippen molar-refractivity contribution in [3.63, 3.8) is 0 Å². The van der Waals surface area contributed by atoms with Crippen molar-refractivity contribution in [2.75, 3.05) is 6.61 Å². The second-order valence-electron chi connectivity index (χ2n) is 15.0. The van der Waals surface area contributed by atoms with Crippen LogP contribution >= 0.6 is 25.5 Å². The van der Waals surface area contributed by atoms with Crippen molar-refractivity contribution < 1.29 is 14.1 Å². The monoisotopic (exact) mass is 578 g/mol. The van der Waals surface area contributed by atoms with Gasteiger partial charge in [-0.1, -0.05) is 67.0 Å². The molecule has 4 rings (SSSR count). The van der Waals surface area contributed by atoms with E-state index in [9.17, 15) is 9.90 Å². The second kappa shape index (κ2) is 13.8. The molecule has 3 nitrogen and oxygen atoms in total. The zero-order chi connectivity index (χ0) is 29.0. The standard InChI is InChI=1S/C25H44O2S.C9H14OS/c1-5-17-14-19-21-7-6-20(16(2)10-13-27-28)24(21,3)12-9-22(19)25(4)11-8-18(26)15-23(17)25;1-9(2,3)8(11)6-4-5-7-10/h16-23,26,28H,5-15H2,1-4H3;4-7,11H,1-3H3/b;5-4+,8-6-/t16-,17+,18-,19?,20?,21?,22?,23?,24?,25?;/m1./s1. The summed E-state index contributed by atoms with van der Waals surface area (Å²) in [5.41, 5.74) is 1.08. The van der Waals surface area contributed by atoms with Crippen LogP contribution < -0.4 is 0 Å². The molecule has 39 heavy (non-hydrogen) atoms. The number of hydrogen-bond donors (Lipinski definition) is 3. The predicted octanol–water partition coefficient (Wildman–Crippen LogP) is 9.13. The number of aldehydes is 1. The van der Waals surface area contributed by atoms with E-state index in [0.717, 1.165) is 78.5 Å². The van der Waals surface area contributed by atoms with Crippen molar-refractivity contribution in [2.24, 2.45) is 57.7 Å². The number of allylic oxidation sites excluding steroid dienone is 4. The lowest BCUT2D eigenvalue weighted by molar-refractivity contribution is -0.152. The number of carbonyl (C=O) groups is 1. The number of thiol groups is 2. The van der Waals surface area contributed by atoms with E-state index in [2.05, 4.69) is 74.0 Å². The molecule has 7 unspecified atom stereocenters. The molecule has 0 aromatic rings. The fourth-order valence-corrected chi connectivity index (χ4v) is 9.98. The Kier molecular flexibility index (Phi) is 11.8. The lowest BCUT2D eigenvalue weighted by Gasteiger charge is -2.63. The molecule has 4 aliphatic carbocycles. The van der Waals surface area contributed by atoms with Gasteiger partial charge < -0.3 is 9.29 Å². The van der Waals surface area contributed by atoms with Gasteiger partial charge in [-0.3, -0.25) is 4.79 Å². The van der Waals surface area contributed by atoms with E-state index in [0.29, 0.717) is 10.8 Å². The van der Waals surface area contributed by atoms with Crippen LogP contribution in [-0.2, 0) is 8.98 Å². The molecular formula is C34H58O3S2. The summed E-state index contributed by atoms with van der Waals surface area (Å²) in [4.78, 5) is 10.9. The summed E-state index contributed by atoms with van der Waals surface area (Å²) in [6.07, 6.45) is 18.7. The Morgan fingerprint density at radius 1 is 1.03 bits per heavy atom. The number of fused-ring (bicyclic) bond motifs is 5. The number of carbonyl (C=O) groups excluding carboxylic acids is 1. The van der Waals surface area contributed by atoms with Gasteiger partial charge in [-0.2, -0.15) is 0 Å². The molecule has 0 spiro atoms. The van der Waals surface area contributed by atoms with Gasteiger partial charge in [0.1, 0.15) is 6.29 Å². The molecule has 0 aromatic heterocycles. The van der Waals surface area contributed by atoms with Gasteiger partial charge in [0, 0.05) is 0 Å². The Morgan fingerprint density at radius 3 is 2.31 bits per heavy atom.